The molecule has 8 heteroatoms. The minimum absolute atomic E-state index is 0.00837. The average molecular weight is 296 g/mol. The van der Waals surface area contributed by atoms with E-state index in [9.17, 15) is 9.59 Å². The molecule has 8 nitrogen and oxygen atoms in total. The van der Waals surface area contributed by atoms with Crippen LogP contribution in [0.15, 0.2) is 4.52 Å². The third kappa shape index (κ3) is 3.21. The molecule has 0 unspecified atom stereocenters. The summed E-state index contributed by atoms with van der Waals surface area (Å²) in [5.74, 6) is 0.854. The molecule has 21 heavy (non-hydrogen) atoms. The molecular formula is C13H20N4O4. The topological polar surface area (TPSA) is 97.6 Å². The summed E-state index contributed by atoms with van der Waals surface area (Å²) in [6.45, 7) is 5.80. The molecule has 1 aliphatic rings. The van der Waals surface area contributed by atoms with Crippen molar-refractivity contribution < 1.29 is 18.8 Å². The Bertz CT molecular complexity index is 542. The molecule has 116 valence electrons. The van der Waals surface area contributed by atoms with Crippen molar-refractivity contribution in [2.75, 3.05) is 13.7 Å². The van der Waals surface area contributed by atoms with Crippen molar-refractivity contribution in [1.82, 2.24) is 20.4 Å². The predicted molar refractivity (Wildman–Crippen MR) is 72.2 cm³/mol. The lowest BCUT2D eigenvalue weighted by atomic mass is 10.0. The molecule has 1 fully saturated rings. The Morgan fingerprint density at radius 2 is 2.14 bits per heavy atom. The Hall–Kier alpha value is -1.96. The van der Waals surface area contributed by atoms with Gasteiger partial charge in [0.25, 0.3) is 5.91 Å². The van der Waals surface area contributed by atoms with Crippen molar-refractivity contribution in [2.24, 2.45) is 5.92 Å². The lowest BCUT2D eigenvalue weighted by Gasteiger charge is -2.19. The molecule has 0 aliphatic carbocycles. The second kappa shape index (κ2) is 5.80. The maximum Gasteiger partial charge on any atom is 0.325 e. The summed E-state index contributed by atoms with van der Waals surface area (Å²) in [5.41, 5.74) is -1.05. The van der Waals surface area contributed by atoms with Crippen LogP contribution in [0.1, 0.15) is 32.5 Å². The minimum Gasteiger partial charge on any atom is -0.382 e. The van der Waals surface area contributed by atoms with Crippen LogP contribution in [0.2, 0.25) is 0 Å². The van der Waals surface area contributed by atoms with Crippen molar-refractivity contribution in [2.45, 2.75) is 39.3 Å². The molecule has 2 heterocycles. The molecule has 1 aromatic heterocycles. The van der Waals surface area contributed by atoms with E-state index >= 15 is 0 Å². The molecule has 0 bridgehead atoms. The van der Waals surface area contributed by atoms with E-state index in [0.717, 1.165) is 4.90 Å². The van der Waals surface area contributed by atoms with Crippen molar-refractivity contribution in [3.05, 3.63) is 11.7 Å². The monoisotopic (exact) mass is 296 g/mol. The number of hydrogen-bond acceptors (Lipinski definition) is 6. The van der Waals surface area contributed by atoms with Crippen molar-refractivity contribution >= 4 is 11.9 Å². The molecule has 0 radical (unpaired) electrons. The molecule has 3 amide bonds. The van der Waals surface area contributed by atoms with Crippen molar-refractivity contribution in [1.29, 1.82) is 0 Å². The number of nitrogens with zero attached hydrogens (tertiary/aromatic N) is 3. The number of rotatable bonds is 6. The zero-order valence-corrected chi connectivity index (χ0v) is 12.7. The van der Waals surface area contributed by atoms with Crippen LogP contribution in [0.3, 0.4) is 0 Å². The van der Waals surface area contributed by atoms with Crippen LogP contribution in [0.4, 0.5) is 4.79 Å². The number of amides is 3. The number of aromatic nitrogens is 2. The summed E-state index contributed by atoms with van der Waals surface area (Å²) in [6, 6.07) is -0.477. The third-order valence-electron chi connectivity index (χ3n) is 3.17. The second-order valence-corrected chi connectivity index (χ2v) is 5.79. The van der Waals surface area contributed by atoms with Gasteiger partial charge in [0.15, 0.2) is 5.82 Å². The molecule has 1 atom stereocenters. The van der Waals surface area contributed by atoms with E-state index in [2.05, 4.69) is 15.5 Å². The minimum atomic E-state index is -1.05. The number of imide groups is 1. The van der Waals surface area contributed by atoms with Gasteiger partial charge in [-0.05, 0) is 12.8 Å². The standard InChI is InChI=1S/C13H20N4O4/c1-8(2)5-10-14-9(16-21-10)6-17-11(18)13(3,7-20-4)15-12(17)19/h8H,5-7H2,1-4H3,(H,15,19)/t13-/m1/s1. The SMILES string of the molecule is COC[C@@]1(C)NC(=O)N(Cc2noc(CC(C)C)n2)C1=O. The highest BCUT2D eigenvalue weighted by Crippen LogP contribution is 2.19. The second-order valence-electron chi connectivity index (χ2n) is 5.79. The number of nitrogens with one attached hydrogen (secondary N) is 1. The van der Waals surface area contributed by atoms with E-state index in [1.807, 2.05) is 13.8 Å². The summed E-state index contributed by atoms with van der Waals surface area (Å²) in [4.78, 5) is 29.5. The maximum atomic E-state index is 12.3. The summed E-state index contributed by atoms with van der Waals surface area (Å²) in [5, 5.41) is 6.42. The molecule has 1 saturated heterocycles. The Labute approximate surface area is 122 Å². The van der Waals surface area contributed by atoms with Crippen LogP contribution >= 0.6 is 0 Å². The van der Waals surface area contributed by atoms with Crippen LogP contribution in [0.25, 0.3) is 0 Å². The molecule has 1 aliphatic heterocycles. The van der Waals surface area contributed by atoms with E-state index in [4.69, 9.17) is 9.26 Å². The average Bonchev–Trinajstić information content (AvgIpc) is 2.88. The summed E-state index contributed by atoms with van der Waals surface area (Å²) in [6.07, 6.45) is 0.661. The van der Waals surface area contributed by atoms with Gasteiger partial charge in [0.05, 0.1) is 13.2 Å². The zero-order chi connectivity index (χ0) is 15.6. The highest BCUT2D eigenvalue weighted by Gasteiger charge is 2.48. The van der Waals surface area contributed by atoms with E-state index < -0.39 is 11.6 Å². The van der Waals surface area contributed by atoms with E-state index in [-0.39, 0.29) is 19.1 Å². The number of carbonyl (C=O) groups is 2. The predicted octanol–water partition coefficient (Wildman–Crippen LogP) is 0.725. The third-order valence-corrected chi connectivity index (χ3v) is 3.17. The van der Waals surface area contributed by atoms with Gasteiger partial charge in [0.1, 0.15) is 5.54 Å². The van der Waals surface area contributed by atoms with Gasteiger partial charge in [-0.25, -0.2) is 4.79 Å². The largest absolute Gasteiger partial charge is 0.382 e. The van der Waals surface area contributed by atoms with Gasteiger partial charge in [0.2, 0.25) is 5.89 Å². The highest BCUT2D eigenvalue weighted by molar-refractivity contribution is 6.06. The molecule has 0 saturated carbocycles. The van der Waals surface area contributed by atoms with Gasteiger partial charge in [-0.3, -0.25) is 9.69 Å². The van der Waals surface area contributed by atoms with Gasteiger partial charge < -0.3 is 14.6 Å². The summed E-state index contributed by atoms with van der Waals surface area (Å²) in [7, 11) is 1.48. The molecule has 1 aromatic rings. The first-order valence-electron chi connectivity index (χ1n) is 6.80. The van der Waals surface area contributed by atoms with Crippen LogP contribution in [-0.2, 0) is 22.5 Å². The quantitative estimate of drug-likeness (QED) is 0.777. The normalized spacial score (nSPS) is 22.2. The Morgan fingerprint density at radius 3 is 2.76 bits per heavy atom. The number of carbonyl (C=O) groups excluding carboxylic acids is 2. The maximum absolute atomic E-state index is 12.3. The Kier molecular flexibility index (Phi) is 4.26. The van der Waals surface area contributed by atoms with E-state index in [1.165, 1.54) is 7.11 Å². The van der Waals surface area contributed by atoms with Gasteiger partial charge in [-0.15, -0.1) is 0 Å². The molecule has 2 rings (SSSR count). The first-order valence-corrected chi connectivity index (χ1v) is 6.80. The Morgan fingerprint density at radius 1 is 1.43 bits per heavy atom. The molecule has 1 N–H and O–H groups in total. The van der Waals surface area contributed by atoms with Crippen molar-refractivity contribution in [3.63, 3.8) is 0 Å². The molecule has 0 spiro atoms. The number of methoxy groups -OCH3 is 1. The van der Waals surface area contributed by atoms with Gasteiger partial charge in [-0.1, -0.05) is 19.0 Å². The van der Waals surface area contributed by atoms with Gasteiger partial charge >= 0.3 is 6.03 Å². The van der Waals surface area contributed by atoms with Crippen molar-refractivity contribution in [3.8, 4) is 0 Å². The summed E-state index contributed by atoms with van der Waals surface area (Å²) >= 11 is 0. The smallest absolute Gasteiger partial charge is 0.325 e. The van der Waals surface area contributed by atoms with E-state index in [1.54, 1.807) is 6.92 Å². The van der Waals surface area contributed by atoms with Crippen LogP contribution in [0, 0.1) is 5.92 Å². The van der Waals surface area contributed by atoms with Crippen LogP contribution in [-0.4, -0.2) is 46.2 Å². The molecule has 0 aromatic carbocycles. The fourth-order valence-electron chi connectivity index (χ4n) is 2.21. The Balaban J connectivity index is 2.07. The number of urea groups is 1. The summed E-state index contributed by atoms with van der Waals surface area (Å²) < 4.78 is 10.1. The van der Waals surface area contributed by atoms with Gasteiger partial charge in [-0.2, -0.15) is 4.98 Å². The lowest BCUT2D eigenvalue weighted by molar-refractivity contribution is -0.132. The highest BCUT2D eigenvalue weighted by atomic mass is 16.5. The first-order chi connectivity index (χ1) is 9.85. The fraction of sp³-hybridized carbons (Fsp3) is 0.692. The number of ether oxygens (including phenoxy) is 1. The van der Waals surface area contributed by atoms with Crippen LogP contribution in [0.5, 0.6) is 0 Å². The number of hydrogen-bond donors (Lipinski definition) is 1. The fourth-order valence-corrected chi connectivity index (χ4v) is 2.21. The zero-order valence-electron chi connectivity index (χ0n) is 12.7. The lowest BCUT2D eigenvalue weighted by Crippen LogP contribution is -2.47. The molecular weight excluding hydrogens is 276 g/mol. The first kappa shape index (κ1) is 15.4. The van der Waals surface area contributed by atoms with E-state index in [0.29, 0.717) is 24.1 Å². The van der Waals surface area contributed by atoms with Gasteiger partial charge in [0, 0.05) is 13.5 Å². The van der Waals surface area contributed by atoms with Crippen LogP contribution < -0.4 is 5.32 Å².